The van der Waals surface area contributed by atoms with E-state index in [-0.39, 0.29) is 152 Å². The maximum atomic E-state index is 12.7. The molecule has 1 fully saturated rings. The van der Waals surface area contributed by atoms with Crippen LogP contribution in [0.2, 0.25) is 0 Å². The first-order chi connectivity index (χ1) is 29.5. The molecule has 2 aromatic rings. The van der Waals surface area contributed by atoms with Gasteiger partial charge in [-0.3, -0.25) is 18.7 Å². The Labute approximate surface area is 452 Å². The van der Waals surface area contributed by atoms with E-state index in [0.717, 1.165) is 0 Å². The summed E-state index contributed by atoms with van der Waals surface area (Å²) in [5.74, 6) is -2.50. The predicted octanol–water partition coefficient (Wildman–Crippen LogP) is -4.73. The third-order valence-electron chi connectivity index (χ3n) is 11.3. The SMILES string of the molecule is COCC[N+]1=C(/C=C/C=C/C=C/C=C2/N(CCCC(=O)ON3C(=O)CCC3=O)c3ccc(S(=O)(=O)[O-])cc3C2(C)CCOC)C(C)(CCCS(=O)(=O)O)c2cc(S(=O)(=O)O)ccc21.[Na+].[Na+].[Na+]. The van der Waals surface area contributed by atoms with Crippen molar-refractivity contribution in [3.63, 3.8) is 0 Å². The molecule has 3 heterocycles. The number of imide groups is 1. The van der Waals surface area contributed by atoms with Crippen molar-refractivity contribution in [2.24, 2.45) is 0 Å². The zero-order chi connectivity index (χ0) is 46.4. The molecule has 0 bridgehead atoms. The Morgan fingerprint density at radius 1 is 0.803 bits per heavy atom. The van der Waals surface area contributed by atoms with Gasteiger partial charge >= 0.3 is 94.6 Å². The molecule has 66 heavy (non-hydrogen) atoms. The van der Waals surface area contributed by atoms with Gasteiger partial charge in [0.05, 0.1) is 21.0 Å². The number of carbonyl (C=O) groups excluding carboxylic acids is 3. The molecule has 2 unspecified atom stereocenters. The molecule has 2 atom stereocenters. The van der Waals surface area contributed by atoms with E-state index in [4.69, 9.17) is 14.3 Å². The molecule has 0 aromatic heterocycles. The Morgan fingerprint density at radius 3 is 2.02 bits per heavy atom. The minimum absolute atomic E-state index is 0. The maximum Gasteiger partial charge on any atom is 1.00 e. The topological polar surface area (TPSA) is 254 Å². The number of anilines is 1. The summed E-state index contributed by atoms with van der Waals surface area (Å²) in [6.45, 7) is 4.84. The van der Waals surface area contributed by atoms with Crippen molar-refractivity contribution in [1.29, 1.82) is 0 Å². The summed E-state index contributed by atoms with van der Waals surface area (Å²) in [6, 6.07) is 8.32. The normalized spacial score (nSPS) is 20.3. The number of nitrogens with zero attached hydrogens (tertiary/aromatic N) is 3. The molecule has 0 aliphatic carbocycles. The summed E-state index contributed by atoms with van der Waals surface area (Å²) < 4.78 is 116. The van der Waals surface area contributed by atoms with Crippen molar-refractivity contribution < 1.29 is 161 Å². The summed E-state index contributed by atoms with van der Waals surface area (Å²) in [4.78, 5) is 42.8. The van der Waals surface area contributed by atoms with Crippen LogP contribution in [-0.2, 0) is 69.9 Å². The van der Waals surface area contributed by atoms with E-state index in [0.29, 0.717) is 51.9 Å². The zero-order valence-electron chi connectivity index (χ0n) is 38.3. The van der Waals surface area contributed by atoms with E-state index in [9.17, 15) is 53.3 Å². The number of hydrogen-bond donors (Lipinski definition) is 2. The van der Waals surface area contributed by atoms with Crippen LogP contribution in [-0.4, -0.2) is 118 Å². The standard InChI is InChI=1S/C42H51N3O15S3.3Na/c1-41(21-11-27-61(49,50)51)32-28-30(62(52,53)54)16-18-35(32)44(24-26-59-4)36(41)12-8-6-5-7-9-13-37-42(2,22-25-58-3)33-29-31(63(55,56)57)15-17-34(33)43(37)23-10-14-40(48)60-45-38(46)19-20-39(45)47;;;/h5-9,12-13,15-18,28-29H,10-11,14,19-27H2,1-4H3,(H2-,49,50,51,52,53,54,55,56,57);;;/q;3*+1. The summed E-state index contributed by atoms with van der Waals surface area (Å²) in [7, 11) is -10.6. The second kappa shape index (κ2) is 25.3. The van der Waals surface area contributed by atoms with E-state index in [1.54, 1.807) is 42.5 Å². The number of benzene rings is 2. The van der Waals surface area contributed by atoms with Crippen LogP contribution in [0.3, 0.4) is 0 Å². The van der Waals surface area contributed by atoms with Crippen LogP contribution in [0.4, 0.5) is 11.4 Å². The Balaban J connectivity index is 0.00000499. The maximum absolute atomic E-state index is 12.7. The molecule has 3 aliphatic rings. The van der Waals surface area contributed by atoms with Crippen molar-refractivity contribution in [3.05, 3.63) is 95.8 Å². The fourth-order valence-electron chi connectivity index (χ4n) is 8.16. The fourth-order valence-corrected chi connectivity index (χ4v) is 9.67. The third-order valence-corrected chi connectivity index (χ3v) is 13.8. The quantitative estimate of drug-likeness (QED) is 0.0392. The van der Waals surface area contributed by atoms with E-state index >= 15 is 0 Å². The van der Waals surface area contributed by atoms with Gasteiger partial charge < -0.3 is 23.8 Å². The Morgan fingerprint density at radius 2 is 1.41 bits per heavy atom. The van der Waals surface area contributed by atoms with Gasteiger partial charge in [0.15, 0.2) is 12.3 Å². The monoisotopic (exact) mass is 1000 g/mol. The van der Waals surface area contributed by atoms with Crippen molar-refractivity contribution in [2.45, 2.75) is 79.4 Å². The molecule has 342 valence electrons. The summed E-state index contributed by atoms with van der Waals surface area (Å²) in [5.41, 5.74) is 1.88. The van der Waals surface area contributed by atoms with Crippen molar-refractivity contribution in [2.75, 3.05) is 51.2 Å². The van der Waals surface area contributed by atoms with E-state index in [1.807, 2.05) is 29.4 Å². The largest absolute Gasteiger partial charge is 1.00 e. The molecule has 24 heteroatoms. The average Bonchev–Trinajstić information content (AvgIpc) is 3.73. The van der Waals surface area contributed by atoms with Crippen LogP contribution in [0, 0.1) is 0 Å². The number of methoxy groups -OCH3 is 2. The molecule has 0 saturated carbocycles. The van der Waals surface area contributed by atoms with Gasteiger partial charge in [-0.15, -0.1) is 5.06 Å². The van der Waals surface area contributed by atoms with E-state index in [1.165, 1.54) is 44.6 Å². The Bertz CT molecular complexity index is 2620. The molecule has 3 aliphatic heterocycles. The predicted molar refractivity (Wildman–Crippen MR) is 228 cm³/mol. The second-order valence-electron chi connectivity index (χ2n) is 15.6. The summed E-state index contributed by atoms with van der Waals surface area (Å²) >= 11 is 0. The van der Waals surface area contributed by atoms with Gasteiger partial charge in [-0.1, -0.05) is 30.4 Å². The molecule has 2 amide bonds. The molecule has 5 rings (SSSR count). The first-order valence-electron chi connectivity index (χ1n) is 19.9. The fraction of sp³-hybridized carbons (Fsp3) is 0.429. The molecule has 2 N–H and O–H groups in total. The van der Waals surface area contributed by atoms with Crippen LogP contribution in [0.25, 0.3) is 0 Å². The number of hydrogen-bond acceptors (Lipinski definition) is 14. The molecular weight excluding hydrogens is 952 g/mol. The summed E-state index contributed by atoms with van der Waals surface area (Å²) in [6.07, 6.45) is 12.9. The first-order valence-corrected chi connectivity index (χ1v) is 24.4. The molecular formula is C42H51N3Na3O15S3+3. The number of allylic oxidation sites excluding steroid dienone is 8. The number of hydroxylamine groups is 2. The minimum atomic E-state index is -4.81. The van der Waals surface area contributed by atoms with Gasteiger partial charge in [0, 0.05) is 81.1 Å². The summed E-state index contributed by atoms with van der Waals surface area (Å²) in [5, 5.41) is 0.483. The average molecular weight is 1000 g/mol. The number of amides is 2. The minimum Gasteiger partial charge on any atom is -0.744 e. The van der Waals surface area contributed by atoms with Crippen LogP contribution in [0.5, 0.6) is 0 Å². The van der Waals surface area contributed by atoms with Gasteiger partial charge in [-0.25, -0.2) is 13.2 Å². The third kappa shape index (κ3) is 14.6. The number of ether oxygens (including phenoxy) is 2. The first kappa shape index (κ1) is 60.3. The molecule has 1 saturated heterocycles. The molecule has 2 aromatic carbocycles. The van der Waals surface area contributed by atoms with Crippen LogP contribution in [0.15, 0.2) is 94.4 Å². The van der Waals surface area contributed by atoms with Crippen molar-refractivity contribution in [3.8, 4) is 0 Å². The number of carbonyl (C=O) groups is 3. The van der Waals surface area contributed by atoms with Gasteiger partial charge in [0.2, 0.25) is 5.69 Å². The van der Waals surface area contributed by atoms with E-state index < -0.39 is 69.6 Å². The van der Waals surface area contributed by atoms with Crippen LogP contribution >= 0.6 is 0 Å². The second-order valence-corrected chi connectivity index (χ2v) is 20.0. The van der Waals surface area contributed by atoms with Gasteiger partial charge in [-0.05, 0) is 81.5 Å². The van der Waals surface area contributed by atoms with Gasteiger partial charge in [-0.2, -0.15) is 21.4 Å². The van der Waals surface area contributed by atoms with Gasteiger partial charge in [0.25, 0.3) is 32.1 Å². The zero-order valence-corrected chi connectivity index (χ0v) is 46.7. The Hall–Kier alpha value is -1.87. The smallest absolute Gasteiger partial charge is 0.744 e. The van der Waals surface area contributed by atoms with Crippen LogP contribution < -0.4 is 93.6 Å². The number of rotatable bonds is 21. The number of fused-ring (bicyclic) bond motifs is 2. The van der Waals surface area contributed by atoms with Crippen molar-refractivity contribution in [1.82, 2.24) is 5.06 Å². The molecule has 0 radical (unpaired) electrons. The molecule has 18 nitrogen and oxygen atoms in total. The van der Waals surface area contributed by atoms with E-state index in [2.05, 4.69) is 0 Å². The Kier molecular flexibility index (Phi) is 23.1. The molecule has 0 spiro atoms. The van der Waals surface area contributed by atoms with Crippen LogP contribution in [0.1, 0.15) is 69.9 Å². The van der Waals surface area contributed by atoms with Crippen molar-refractivity contribution >= 4 is 65.2 Å². The van der Waals surface area contributed by atoms with Gasteiger partial charge in [0.1, 0.15) is 16.7 Å².